The largest absolute Gasteiger partial charge is 0.488 e. The van der Waals surface area contributed by atoms with Crippen LogP contribution in [0.25, 0.3) is 0 Å². The zero-order chi connectivity index (χ0) is 14.8. The summed E-state index contributed by atoms with van der Waals surface area (Å²) in [6.45, 7) is 0.138. The number of ether oxygens (including phenoxy) is 1. The van der Waals surface area contributed by atoms with Gasteiger partial charge < -0.3 is 20.1 Å². The van der Waals surface area contributed by atoms with E-state index in [0.29, 0.717) is 6.54 Å². The molecule has 6 heteroatoms. The Morgan fingerprint density at radius 2 is 2.10 bits per heavy atom. The van der Waals surface area contributed by atoms with E-state index in [1.54, 1.807) is 0 Å². The molecule has 3 rings (SSSR count). The molecule has 1 aliphatic heterocycles. The molecular formula is C15H18N2O4. The van der Waals surface area contributed by atoms with E-state index in [4.69, 9.17) is 9.84 Å². The lowest BCUT2D eigenvalue weighted by atomic mass is 10.1. The molecule has 112 valence electrons. The highest BCUT2D eigenvalue weighted by Crippen LogP contribution is 2.28. The molecule has 0 radical (unpaired) electrons. The van der Waals surface area contributed by atoms with E-state index in [-0.39, 0.29) is 24.7 Å². The smallest absolute Gasteiger partial charge is 0.323 e. The van der Waals surface area contributed by atoms with Crippen LogP contribution in [0.15, 0.2) is 24.3 Å². The van der Waals surface area contributed by atoms with Gasteiger partial charge in [0.25, 0.3) is 0 Å². The Bertz CT molecular complexity index is 531. The Kier molecular flexibility index (Phi) is 3.68. The number of aliphatic carboxylic acids is 1. The summed E-state index contributed by atoms with van der Waals surface area (Å²) in [6, 6.07) is 7.56. The maximum absolute atomic E-state index is 12.1. The average Bonchev–Trinajstić information content (AvgIpc) is 3.21. The summed E-state index contributed by atoms with van der Waals surface area (Å²) in [5, 5.41) is 11.6. The van der Waals surface area contributed by atoms with Crippen LogP contribution >= 0.6 is 0 Å². The number of carbonyl (C=O) groups excluding carboxylic acids is 1. The predicted octanol–water partition coefficient (Wildman–Crippen LogP) is 1.25. The van der Waals surface area contributed by atoms with Crippen LogP contribution in [0.2, 0.25) is 0 Å². The second kappa shape index (κ2) is 5.63. The van der Waals surface area contributed by atoms with Gasteiger partial charge >= 0.3 is 12.0 Å². The number of nitrogens with one attached hydrogen (secondary N) is 1. The predicted molar refractivity (Wildman–Crippen MR) is 75.3 cm³/mol. The van der Waals surface area contributed by atoms with Crippen molar-refractivity contribution in [2.75, 3.05) is 13.1 Å². The molecule has 0 bridgehead atoms. The highest BCUT2D eigenvalue weighted by Gasteiger charge is 2.34. The van der Waals surface area contributed by atoms with Crippen molar-refractivity contribution >= 4 is 12.0 Å². The van der Waals surface area contributed by atoms with Gasteiger partial charge in [-0.15, -0.1) is 0 Å². The van der Waals surface area contributed by atoms with E-state index in [1.807, 2.05) is 24.3 Å². The fraction of sp³-hybridized carbons (Fsp3) is 0.467. The van der Waals surface area contributed by atoms with Crippen LogP contribution in [0.3, 0.4) is 0 Å². The number of hydrogen-bond acceptors (Lipinski definition) is 3. The molecule has 2 amide bonds. The number of amides is 2. The third-order valence-electron chi connectivity index (χ3n) is 3.75. The van der Waals surface area contributed by atoms with Gasteiger partial charge in [0.05, 0.1) is 6.54 Å². The summed E-state index contributed by atoms with van der Waals surface area (Å²) >= 11 is 0. The highest BCUT2D eigenvalue weighted by molar-refractivity contribution is 5.80. The van der Waals surface area contributed by atoms with Crippen molar-refractivity contribution in [1.82, 2.24) is 10.2 Å². The van der Waals surface area contributed by atoms with Gasteiger partial charge in [-0.05, 0) is 24.5 Å². The second-order valence-corrected chi connectivity index (χ2v) is 5.49. The maximum Gasteiger partial charge on any atom is 0.323 e. The minimum Gasteiger partial charge on any atom is -0.488 e. The Morgan fingerprint density at radius 1 is 1.33 bits per heavy atom. The van der Waals surface area contributed by atoms with Gasteiger partial charge in [0.15, 0.2) is 0 Å². The van der Waals surface area contributed by atoms with E-state index >= 15 is 0 Å². The molecule has 1 unspecified atom stereocenters. The van der Waals surface area contributed by atoms with Crippen LogP contribution in [0.5, 0.6) is 5.75 Å². The molecule has 0 saturated heterocycles. The summed E-state index contributed by atoms with van der Waals surface area (Å²) in [7, 11) is 0. The number of carbonyl (C=O) groups is 2. The van der Waals surface area contributed by atoms with E-state index in [2.05, 4.69) is 5.32 Å². The monoisotopic (exact) mass is 290 g/mol. The summed E-state index contributed by atoms with van der Waals surface area (Å²) in [5.74, 6) is -0.122. The fourth-order valence-electron chi connectivity index (χ4n) is 2.57. The van der Waals surface area contributed by atoms with E-state index in [9.17, 15) is 9.59 Å². The van der Waals surface area contributed by atoms with E-state index < -0.39 is 5.97 Å². The van der Waals surface area contributed by atoms with Gasteiger partial charge in [-0.25, -0.2) is 4.79 Å². The van der Waals surface area contributed by atoms with Gasteiger partial charge in [-0.1, -0.05) is 18.2 Å². The molecule has 2 aliphatic rings. The first kappa shape index (κ1) is 13.7. The molecule has 1 heterocycles. The minimum absolute atomic E-state index is 0.0720. The topological polar surface area (TPSA) is 78.9 Å². The third-order valence-corrected chi connectivity index (χ3v) is 3.75. The number of hydrogen-bond donors (Lipinski definition) is 2. The molecule has 2 N–H and O–H groups in total. The van der Waals surface area contributed by atoms with Crippen molar-refractivity contribution in [2.24, 2.45) is 0 Å². The van der Waals surface area contributed by atoms with Gasteiger partial charge in [0, 0.05) is 12.5 Å². The summed E-state index contributed by atoms with van der Waals surface area (Å²) in [6.07, 6.45) is 2.44. The molecule has 1 atom stereocenters. The lowest BCUT2D eigenvalue weighted by molar-refractivity contribution is -0.137. The van der Waals surface area contributed by atoms with Crippen LogP contribution in [-0.4, -0.2) is 47.2 Å². The first-order valence-corrected chi connectivity index (χ1v) is 7.14. The number of nitrogens with zero attached hydrogens (tertiary/aromatic N) is 1. The van der Waals surface area contributed by atoms with Crippen LogP contribution in [-0.2, 0) is 11.2 Å². The van der Waals surface area contributed by atoms with Gasteiger partial charge in [0.2, 0.25) is 0 Å². The van der Waals surface area contributed by atoms with E-state index in [0.717, 1.165) is 30.6 Å². The molecule has 1 aliphatic carbocycles. The number of fused-ring (bicyclic) bond motifs is 1. The number of benzene rings is 1. The first-order valence-electron chi connectivity index (χ1n) is 7.14. The SMILES string of the molecule is O=C(O)CN(C(=O)NCC1Cc2ccccc2O1)C1CC1. The van der Waals surface area contributed by atoms with Crippen LogP contribution in [0.1, 0.15) is 18.4 Å². The number of carboxylic acids is 1. The fourth-order valence-corrected chi connectivity index (χ4v) is 2.57. The Hall–Kier alpha value is -2.24. The summed E-state index contributed by atoms with van der Waals surface area (Å²) in [4.78, 5) is 24.3. The molecule has 0 spiro atoms. The lowest BCUT2D eigenvalue weighted by Gasteiger charge is -2.21. The molecular weight excluding hydrogens is 272 g/mol. The standard InChI is InChI=1S/C15H18N2O4/c18-14(19)9-17(11-5-6-11)15(20)16-8-12-7-10-3-1-2-4-13(10)21-12/h1-4,11-12H,5-9H2,(H,16,20)(H,18,19). The highest BCUT2D eigenvalue weighted by atomic mass is 16.5. The van der Waals surface area contributed by atoms with E-state index in [1.165, 1.54) is 4.90 Å². The normalized spacial score (nSPS) is 19.5. The molecule has 1 fully saturated rings. The zero-order valence-electron chi connectivity index (χ0n) is 11.6. The van der Waals surface area contributed by atoms with Crippen molar-refractivity contribution < 1.29 is 19.4 Å². The Balaban J connectivity index is 1.51. The Labute approximate surface area is 122 Å². The van der Waals surface area contributed by atoms with Crippen LogP contribution in [0.4, 0.5) is 4.79 Å². The third kappa shape index (κ3) is 3.26. The Morgan fingerprint density at radius 3 is 2.76 bits per heavy atom. The maximum atomic E-state index is 12.1. The summed E-state index contributed by atoms with van der Waals surface area (Å²) in [5.41, 5.74) is 1.14. The number of carboxylic acid groups (broad SMARTS) is 1. The first-order chi connectivity index (χ1) is 10.1. The number of urea groups is 1. The van der Waals surface area contributed by atoms with Crippen molar-refractivity contribution in [3.8, 4) is 5.75 Å². The van der Waals surface area contributed by atoms with Gasteiger partial charge in [-0.2, -0.15) is 0 Å². The second-order valence-electron chi connectivity index (χ2n) is 5.49. The van der Waals surface area contributed by atoms with Crippen LogP contribution < -0.4 is 10.1 Å². The number of para-hydroxylation sites is 1. The molecule has 1 saturated carbocycles. The molecule has 21 heavy (non-hydrogen) atoms. The van der Waals surface area contributed by atoms with Gasteiger partial charge in [-0.3, -0.25) is 4.79 Å². The van der Waals surface area contributed by atoms with Crippen molar-refractivity contribution in [2.45, 2.75) is 31.4 Å². The number of rotatable bonds is 5. The van der Waals surface area contributed by atoms with Crippen molar-refractivity contribution in [3.63, 3.8) is 0 Å². The van der Waals surface area contributed by atoms with Gasteiger partial charge in [0.1, 0.15) is 18.4 Å². The quantitative estimate of drug-likeness (QED) is 0.855. The average molecular weight is 290 g/mol. The molecule has 6 nitrogen and oxygen atoms in total. The molecule has 1 aromatic carbocycles. The summed E-state index contributed by atoms with van der Waals surface area (Å²) < 4.78 is 5.74. The van der Waals surface area contributed by atoms with Crippen molar-refractivity contribution in [3.05, 3.63) is 29.8 Å². The van der Waals surface area contributed by atoms with Crippen LogP contribution in [0, 0.1) is 0 Å². The minimum atomic E-state index is -0.985. The molecule has 1 aromatic rings. The lowest BCUT2D eigenvalue weighted by Crippen LogP contribution is -2.46. The zero-order valence-corrected chi connectivity index (χ0v) is 11.6. The van der Waals surface area contributed by atoms with Crippen molar-refractivity contribution in [1.29, 1.82) is 0 Å². The molecule has 0 aromatic heterocycles.